The van der Waals surface area contributed by atoms with Crippen molar-refractivity contribution in [2.24, 2.45) is 5.41 Å². The molecule has 0 radical (unpaired) electrons. The lowest BCUT2D eigenvalue weighted by Crippen LogP contribution is -2.51. The Labute approximate surface area is 126 Å². The van der Waals surface area contributed by atoms with Gasteiger partial charge in [-0.1, -0.05) is 12.1 Å². The summed E-state index contributed by atoms with van der Waals surface area (Å²) in [5.74, 6) is 1.05. The Hall–Kier alpha value is -1.55. The van der Waals surface area contributed by atoms with Crippen molar-refractivity contribution in [3.8, 4) is 5.75 Å². The third kappa shape index (κ3) is 2.53. The Balaban J connectivity index is 1.96. The number of nitrogens with zero attached hydrogens (tertiary/aromatic N) is 1. The lowest BCUT2D eigenvalue weighted by Gasteiger charge is -2.40. The molecule has 4 nitrogen and oxygen atoms in total. The lowest BCUT2D eigenvalue weighted by atomic mass is 9.80. The summed E-state index contributed by atoms with van der Waals surface area (Å²) in [4.78, 5) is 15.1. The molecule has 4 heteroatoms. The smallest absolute Gasteiger partial charge is 0.234 e. The van der Waals surface area contributed by atoms with Gasteiger partial charge in [-0.25, -0.2) is 0 Å². The number of aryl methyl sites for hydroxylation is 1. The zero-order chi connectivity index (χ0) is 14.9. The molecule has 114 valence electrons. The average Bonchev–Trinajstić information content (AvgIpc) is 2.53. The monoisotopic (exact) mass is 288 g/mol. The molecule has 21 heavy (non-hydrogen) atoms. The van der Waals surface area contributed by atoms with E-state index in [9.17, 15) is 4.79 Å². The first-order chi connectivity index (χ1) is 10.2. The fourth-order valence-corrected chi connectivity index (χ4v) is 3.55. The molecule has 2 aliphatic heterocycles. The van der Waals surface area contributed by atoms with Crippen LogP contribution in [0.1, 0.15) is 31.7 Å². The first kappa shape index (κ1) is 14.4. The number of carbonyl (C=O) groups is 1. The minimum atomic E-state index is -0.298. The van der Waals surface area contributed by atoms with E-state index < -0.39 is 0 Å². The summed E-state index contributed by atoms with van der Waals surface area (Å²) < 4.78 is 5.50. The molecule has 3 rings (SSSR count). The molecule has 2 heterocycles. The Morgan fingerprint density at radius 3 is 2.95 bits per heavy atom. The van der Waals surface area contributed by atoms with Gasteiger partial charge >= 0.3 is 0 Å². The van der Waals surface area contributed by atoms with E-state index in [4.69, 9.17) is 4.74 Å². The largest absolute Gasteiger partial charge is 0.495 e. The number of ether oxygens (including phenoxy) is 1. The van der Waals surface area contributed by atoms with E-state index in [0.29, 0.717) is 0 Å². The molecule has 0 saturated carbocycles. The topological polar surface area (TPSA) is 41.6 Å². The molecule has 1 atom stereocenters. The van der Waals surface area contributed by atoms with Gasteiger partial charge in [0.1, 0.15) is 5.75 Å². The van der Waals surface area contributed by atoms with Crippen LogP contribution in [0.15, 0.2) is 18.2 Å². The van der Waals surface area contributed by atoms with Gasteiger partial charge in [-0.05, 0) is 50.8 Å². The molecular weight excluding hydrogens is 264 g/mol. The van der Waals surface area contributed by atoms with E-state index in [-0.39, 0.29) is 11.3 Å². The van der Waals surface area contributed by atoms with Crippen molar-refractivity contribution < 1.29 is 9.53 Å². The van der Waals surface area contributed by atoms with Crippen LogP contribution in [0.5, 0.6) is 5.75 Å². The van der Waals surface area contributed by atoms with Gasteiger partial charge < -0.3 is 15.0 Å². The van der Waals surface area contributed by atoms with Crippen LogP contribution in [0.25, 0.3) is 0 Å². The van der Waals surface area contributed by atoms with Gasteiger partial charge in [0.2, 0.25) is 5.91 Å². The highest BCUT2D eigenvalue weighted by molar-refractivity contribution is 6.00. The maximum atomic E-state index is 13.1. The van der Waals surface area contributed by atoms with E-state index in [1.165, 1.54) is 5.56 Å². The van der Waals surface area contributed by atoms with E-state index in [1.54, 1.807) is 7.11 Å². The number of nitrogens with one attached hydrogen (secondary N) is 1. The number of piperidine rings is 1. The van der Waals surface area contributed by atoms with Gasteiger partial charge in [-0.15, -0.1) is 0 Å². The summed E-state index contributed by atoms with van der Waals surface area (Å²) >= 11 is 0. The minimum Gasteiger partial charge on any atom is -0.495 e. The van der Waals surface area contributed by atoms with Gasteiger partial charge in [0.15, 0.2) is 0 Å². The van der Waals surface area contributed by atoms with Crippen LogP contribution in [-0.2, 0) is 11.2 Å². The van der Waals surface area contributed by atoms with Gasteiger partial charge in [0.05, 0.1) is 18.2 Å². The molecule has 0 spiro atoms. The zero-order valence-electron chi connectivity index (χ0n) is 12.9. The average molecular weight is 288 g/mol. The van der Waals surface area contributed by atoms with Gasteiger partial charge in [0, 0.05) is 13.1 Å². The fraction of sp³-hybridized carbons (Fsp3) is 0.588. The third-order valence-corrected chi connectivity index (χ3v) is 4.76. The number of hydrogen-bond donors (Lipinski definition) is 1. The van der Waals surface area contributed by atoms with E-state index in [1.807, 2.05) is 17.0 Å². The molecule has 1 fully saturated rings. The van der Waals surface area contributed by atoms with Crippen molar-refractivity contribution in [1.29, 1.82) is 0 Å². The Morgan fingerprint density at radius 2 is 2.24 bits per heavy atom. The maximum Gasteiger partial charge on any atom is 0.234 e. The van der Waals surface area contributed by atoms with Crippen LogP contribution in [0, 0.1) is 5.41 Å². The van der Waals surface area contributed by atoms with Crippen LogP contribution in [0.4, 0.5) is 5.69 Å². The molecular formula is C17H24N2O2. The second-order valence-corrected chi connectivity index (χ2v) is 6.37. The molecule has 1 amide bonds. The third-order valence-electron chi connectivity index (χ3n) is 4.76. The molecule has 0 aliphatic carbocycles. The van der Waals surface area contributed by atoms with Gasteiger partial charge in [-0.2, -0.15) is 0 Å². The molecule has 0 aromatic heterocycles. The van der Waals surface area contributed by atoms with Gasteiger partial charge in [0.25, 0.3) is 0 Å². The van der Waals surface area contributed by atoms with Crippen LogP contribution in [0.3, 0.4) is 0 Å². The summed E-state index contributed by atoms with van der Waals surface area (Å²) in [6.07, 6.45) is 4.06. The van der Waals surface area contributed by atoms with Crippen molar-refractivity contribution in [2.45, 2.75) is 32.6 Å². The van der Waals surface area contributed by atoms with E-state index in [2.05, 4.69) is 18.3 Å². The summed E-state index contributed by atoms with van der Waals surface area (Å²) in [7, 11) is 1.68. The van der Waals surface area contributed by atoms with Crippen LogP contribution >= 0.6 is 0 Å². The first-order valence-corrected chi connectivity index (χ1v) is 7.84. The number of methoxy groups -OCH3 is 1. The molecule has 1 saturated heterocycles. The SMILES string of the molecule is COc1cccc2c1N(C(=O)C1(C)CCCNC1)CCC2. The number of rotatable bonds is 2. The Bertz CT molecular complexity index is 521. The Kier molecular flexibility index (Phi) is 3.89. The number of hydrogen-bond acceptors (Lipinski definition) is 3. The molecule has 2 aliphatic rings. The van der Waals surface area contributed by atoms with E-state index >= 15 is 0 Å². The normalized spacial score (nSPS) is 25.3. The van der Waals surface area contributed by atoms with Crippen molar-refractivity contribution in [2.75, 3.05) is 31.6 Å². The number of para-hydroxylation sites is 1. The van der Waals surface area contributed by atoms with Gasteiger partial charge in [-0.3, -0.25) is 4.79 Å². The number of carbonyl (C=O) groups excluding carboxylic acids is 1. The second kappa shape index (κ2) is 5.68. The fourth-order valence-electron chi connectivity index (χ4n) is 3.55. The van der Waals surface area contributed by atoms with Crippen molar-refractivity contribution in [1.82, 2.24) is 5.32 Å². The van der Waals surface area contributed by atoms with Crippen LogP contribution in [0.2, 0.25) is 0 Å². The van der Waals surface area contributed by atoms with Crippen LogP contribution < -0.4 is 15.0 Å². The highest BCUT2D eigenvalue weighted by atomic mass is 16.5. The minimum absolute atomic E-state index is 0.236. The quantitative estimate of drug-likeness (QED) is 0.908. The number of amides is 1. The summed E-state index contributed by atoms with van der Waals surface area (Å²) in [6.45, 7) is 4.67. The zero-order valence-corrected chi connectivity index (χ0v) is 12.9. The predicted octanol–water partition coefficient (Wildman–Crippen LogP) is 2.36. The Morgan fingerprint density at radius 1 is 1.38 bits per heavy atom. The first-order valence-electron chi connectivity index (χ1n) is 7.84. The second-order valence-electron chi connectivity index (χ2n) is 6.37. The molecule has 1 unspecified atom stereocenters. The van der Waals surface area contributed by atoms with E-state index in [0.717, 1.165) is 56.8 Å². The summed E-state index contributed by atoms with van der Waals surface area (Å²) in [5, 5.41) is 3.37. The van der Waals surface area contributed by atoms with Crippen molar-refractivity contribution in [3.05, 3.63) is 23.8 Å². The number of anilines is 1. The predicted molar refractivity (Wildman–Crippen MR) is 83.9 cm³/mol. The molecule has 0 bridgehead atoms. The van der Waals surface area contributed by atoms with Crippen molar-refractivity contribution in [3.63, 3.8) is 0 Å². The highest BCUT2D eigenvalue weighted by Crippen LogP contribution is 2.39. The molecule has 1 N–H and O–H groups in total. The number of benzene rings is 1. The summed E-state index contributed by atoms with van der Waals surface area (Å²) in [6, 6.07) is 6.07. The standard InChI is InChI=1S/C17H24N2O2/c1-17(9-5-10-18-12-17)16(20)19-11-4-7-13-6-3-8-14(21-2)15(13)19/h3,6,8,18H,4-5,7,9-12H2,1-2H3. The lowest BCUT2D eigenvalue weighted by molar-refractivity contribution is -0.128. The van der Waals surface area contributed by atoms with Crippen molar-refractivity contribution >= 4 is 11.6 Å². The summed E-state index contributed by atoms with van der Waals surface area (Å²) in [5.41, 5.74) is 1.91. The van der Waals surface area contributed by atoms with Crippen LogP contribution in [-0.4, -0.2) is 32.7 Å². The maximum absolute atomic E-state index is 13.1. The highest BCUT2D eigenvalue weighted by Gasteiger charge is 2.40. The number of fused-ring (bicyclic) bond motifs is 1. The molecule has 1 aromatic rings. The molecule has 1 aromatic carbocycles.